The molecule has 1 heterocycles. The quantitative estimate of drug-likeness (QED) is 0.913. The molecule has 0 spiro atoms. The SMILES string of the molecule is CC1(NC(=O)c2ccc(C(=O)O)o2)CCCc2ccccc21. The van der Waals surface area contributed by atoms with Crippen LogP contribution in [-0.2, 0) is 12.0 Å². The second-order valence-electron chi connectivity index (χ2n) is 5.77. The summed E-state index contributed by atoms with van der Waals surface area (Å²) in [6, 6.07) is 10.7. The topological polar surface area (TPSA) is 79.5 Å². The minimum Gasteiger partial charge on any atom is -0.475 e. The predicted molar refractivity (Wildman–Crippen MR) is 79.9 cm³/mol. The van der Waals surface area contributed by atoms with Crippen LogP contribution in [0.4, 0.5) is 0 Å². The highest BCUT2D eigenvalue weighted by atomic mass is 16.4. The molecule has 22 heavy (non-hydrogen) atoms. The predicted octanol–water partition coefficient (Wildman–Crippen LogP) is 2.96. The standard InChI is InChI=1S/C17H17NO4/c1-17(10-4-6-11-5-2-3-7-12(11)17)18-15(19)13-8-9-14(22-13)16(20)21/h2-3,5,7-9H,4,6,10H2,1H3,(H,18,19)(H,20,21). The molecule has 5 nitrogen and oxygen atoms in total. The fraction of sp³-hybridized carbons (Fsp3) is 0.294. The van der Waals surface area contributed by atoms with Crippen molar-refractivity contribution in [2.75, 3.05) is 0 Å². The normalized spacial score (nSPS) is 20.2. The van der Waals surface area contributed by atoms with E-state index in [-0.39, 0.29) is 11.5 Å². The Bertz CT molecular complexity index is 734. The first kappa shape index (κ1) is 14.4. The number of fused-ring (bicyclic) bond motifs is 1. The number of carbonyl (C=O) groups is 2. The van der Waals surface area contributed by atoms with Crippen LogP contribution in [0, 0.1) is 0 Å². The van der Waals surface area contributed by atoms with Gasteiger partial charge in [0.1, 0.15) is 0 Å². The molecule has 1 aromatic carbocycles. The molecular formula is C17H17NO4. The van der Waals surface area contributed by atoms with Crippen LogP contribution in [0.1, 0.15) is 52.0 Å². The number of rotatable bonds is 3. The largest absolute Gasteiger partial charge is 0.475 e. The lowest BCUT2D eigenvalue weighted by Crippen LogP contribution is -2.45. The third kappa shape index (κ3) is 2.50. The zero-order valence-corrected chi connectivity index (χ0v) is 12.3. The fourth-order valence-corrected chi connectivity index (χ4v) is 3.06. The highest BCUT2D eigenvalue weighted by Crippen LogP contribution is 2.35. The van der Waals surface area contributed by atoms with E-state index in [2.05, 4.69) is 11.4 Å². The molecule has 0 saturated heterocycles. The van der Waals surface area contributed by atoms with Crippen LogP contribution in [0.2, 0.25) is 0 Å². The summed E-state index contributed by atoms with van der Waals surface area (Å²) in [6.07, 6.45) is 2.83. The minimum atomic E-state index is -1.19. The van der Waals surface area contributed by atoms with Gasteiger partial charge in [0.25, 0.3) is 5.91 Å². The van der Waals surface area contributed by atoms with E-state index in [1.54, 1.807) is 0 Å². The van der Waals surface area contributed by atoms with Gasteiger partial charge in [0.15, 0.2) is 5.76 Å². The van der Waals surface area contributed by atoms with Crippen molar-refractivity contribution in [2.24, 2.45) is 0 Å². The van der Waals surface area contributed by atoms with E-state index in [0.29, 0.717) is 0 Å². The monoisotopic (exact) mass is 299 g/mol. The van der Waals surface area contributed by atoms with Gasteiger partial charge in [-0.2, -0.15) is 0 Å². The molecule has 0 aliphatic heterocycles. The molecule has 0 saturated carbocycles. The minimum absolute atomic E-state index is 0.0154. The molecule has 1 aliphatic rings. The number of carboxylic acid groups (broad SMARTS) is 1. The van der Waals surface area contributed by atoms with E-state index in [0.717, 1.165) is 24.8 Å². The van der Waals surface area contributed by atoms with Gasteiger partial charge in [-0.1, -0.05) is 24.3 Å². The first-order valence-electron chi connectivity index (χ1n) is 7.24. The average Bonchev–Trinajstić information content (AvgIpc) is 2.98. The van der Waals surface area contributed by atoms with Crippen molar-refractivity contribution in [3.63, 3.8) is 0 Å². The maximum atomic E-state index is 12.4. The zero-order chi connectivity index (χ0) is 15.7. The van der Waals surface area contributed by atoms with E-state index >= 15 is 0 Å². The molecular weight excluding hydrogens is 282 g/mol. The molecule has 0 fully saturated rings. The number of aromatic carboxylic acids is 1. The Balaban J connectivity index is 1.86. The van der Waals surface area contributed by atoms with Crippen LogP contribution in [0.5, 0.6) is 0 Å². The number of nitrogens with one attached hydrogen (secondary N) is 1. The smallest absolute Gasteiger partial charge is 0.371 e. The summed E-state index contributed by atoms with van der Waals surface area (Å²) in [7, 11) is 0. The lowest BCUT2D eigenvalue weighted by atomic mass is 9.78. The first-order valence-corrected chi connectivity index (χ1v) is 7.24. The van der Waals surface area contributed by atoms with Gasteiger partial charge >= 0.3 is 5.97 Å². The number of aryl methyl sites for hydroxylation is 1. The van der Waals surface area contributed by atoms with Crippen LogP contribution >= 0.6 is 0 Å². The number of furan rings is 1. The first-order chi connectivity index (χ1) is 10.5. The number of amides is 1. The summed E-state index contributed by atoms with van der Waals surface area (Å²) in [5.41, 5.74) is 1.88. The maximum absolute atomic E-state index is 12.4. The molecule has 114 valence electrons. The van der Waals surface area contributed by atoms with E-state index in [4.69, 9.17) is 9.52 Å². The Kier molecular flexibility index (Phi) is 3.48. The van der Waals surface area contributed by atoms with Gasteiger partial charge < -0.3 is 14.8 Å². The van der Waals surface area contributed by atoms with Crippen molar-refractivity contribution in [3.8, 4) is 0 Å². The second-order valence-corrected chi connectivity index (χ2v) is 5.77. The van der Waals surface area contributed by atoms with Crippen LogP contribution < -0.4 is 5.32 Å². The van der Waals surface area contributed by atoms with Crippen molar-refractivity contribution >= 4 is 11.9 Å². The summed E-state index contributed by atoms with van der Waals surface area (Å²) in [4.78, 5) is 23.2. The molecule has 1 aromatic heterocycles. The third-order valence-corrected chi connectivity index (χ3v) is 4.16. The van der Waals surface area contributed by atoms with E-state index in [1.807, 2.05) is 25.1 Å². The van der Waals surface area contributed by atoms with Gasteiger partial charge in [-0.15, -0.1) is 0 Å². The van der Waals surface area contributed by atoms with Crippen LogP contribution in [0.15, 0.2) is 40.8 Å². The van der Waals surface area contributed by atoms with Crippen LogP contribution in [0.3, 0.4) is 0 Å². The van der Waals surface area contributed by atoms with Crippen molar-refractivity contribution in [1.82, 2.24) is 5.32 Å². The number of benzene rings is 1. The fourth-order valence-electron chi connectivity index (χ4n) is 3.06. The molecule has 1 amide bonds. The van der Waals surface area contributed by atoms with Crippen LogP contribution in [-0.4, -0.2) is 17.0 Å². The highest BCUT2D eigenvalue weighted by Gasteiger charge is 2.34. The molecule has 1 aliphatic carbocycles. The van der Waals surface area contributed by atoms with Gasteiger partial charge in [-0.3, -0.25) is 4.79 Å². The molecule has 1 atom stereocenters. The number of carbonyl (C=O) groups excluding carboxylic acids is 1. The molecule has 0 bridgehead atoms. The summed E-state index contributed by atoms with van der Waals surface area (Å²) >= 11 is 0. The third-order valence-electron chi connectivity index (χ3n) is 4.16. The summed E-state index contributed by atoms with van der Waals surface area (Å²) in [5, 5.41) is 11.9. The van der Waals surface area contributed by atoms with Gasteiger partial charge in [0.2, 0.25) is 5.76 Å². The van der Waals surface area contributed by atoms with Gasteiger partial charge in [-0.25, -0.2) is 4.79 Å². The van der Waals surface area contributed by atoms with Gasteiger partial charge in [0, 0.05) is 0 Å². The van der Waals surface area contributed by atoms with E-state index in [9.17, 15) is 9.59 Å². The Labute approximate surface area is 127 Å². The van der Waals surface area contributed by atoms with Crippen LogP contribution in [0.25, 0.3) is 0 Å². The van der Waals surface area contributed by atoms with Crippen molar-refractivity contribution in [3.05, 3.63) is 59.0 Å². The molecule has 3 rings (SSSR count). The van der Waals surface area contributed by atoms with Gasteiger partial charge in [-0.05, 0) is 49.4 Å². The molecule has 1 unspecified atom stereocenters. The van der Waals surface area contributed by atoms with Gasteiger partial charge in [0.05, 0.1) is 5.54 Å². The molecule has 0 radical (unpaired) electrons. The second kappa shape index (κ2) is 5.33. The van der Waals surface area contributed by atoms with E-state index in [1.165, 1.54) is 17.7 Å². The Morgan fingerprint density at radius 2 is 1.91 bits per heavy atom. The van der Waals surface area contributed by atoms with Crippen molar-refractivity contribution in [1.29, 1.82) is 0 Å². The summed E-state index contributed by atoms with van der Waals surface area (Å²) < 4.78 is 5.07. The lowest BCUT2D eigenvalue weighted by molar-refractivity contribution is 0.0658. The van der Waals surface area contributed by atoms with Crippen molar-refractivity contribution in [2.45, 2.75) is 31.7 Å². The van der Waals surface area contributed by atoms with Crippen molar-refractivity contribution < 1.29 is 19.1 Å². The Morgan fingerprint density at radius 3 is 2.64 bits per heavy atom. The Morgan fingerprint density at radius 1 is 1.18 bits per heavy atom. The number of hydrogen-bond donors (Lipinski definition) is 2. The Hall–Kier alpha value is -2.56. The number of carboxylic acids is 1. The zero-order valence-electron chi connectivity index (χ0n) is 12.3. The lowest BCUT2D eigenvalue weighted by Gasteiger charge is -2.36. The summed E-state index contributed by atoms with van der Waals surface area (Å²) in [6.45, 7) is 1.99. The highest BCUT2D eigenvalue weighted by molar-refractivity contribution is 5.94. The molecule has 2 N–H and O–H groups in total. The maximum Gasteiger partial charge on any atom is 0.371 e. The number of hydrogen-bond acceptors (Lipinski definition) is 3. The molecule has 2 aromatic rings. The average molecular weight is 299 g/mol. The molecule has 5 heteroatoms. The summed E-state index contributed by atoms with van der Waals surface area (Å²) in [5.74, 6) is -1.80. The van der Waals surface area contributed by atoms with E-state index < -0.39 is 17.4 Å².